The van der Waals surface area contributed by atoms with Gasteiger partial charge in [0, 0.05) is 18.0 Å². The van der Waals surface area contributed by atoms with Crippen LogP contribution in [0.2, 0.25) is 0 Å². The summed E-state index contributed by atoms with van der Waals surface area (Å²) in [6.45, 7) is 4.18. The van der Waals surface area contributed by atoms with E-state index >= 15 is 0 Å². The average molecular weight is 350 g/mol. The Balaban J connectivity index is 1.83. The van der Waals surface area contributed by atoms with E-state index in [1.165, 1.54) is 35.0 Å². The monoisotopic (exact) mass is 350 g/mol. The van der Waals surface area contributed by atoms with Crippen LogP contribution in [-0.4, -0.2) is 10.5 Å². The fourth-order valence-corrected chi connectivity index (χ4v) is 2.64. The Morgan fingerprint density at radius 3 is 2.58 bits per heavy atom. The number of amides is 1. The van der Waals surface area contributed by atoms with Gasteiger partial charge in [0.15, 0.2) is 0 Å². The second-order valence-corrected chi connectivity index (χ2v) is 6.27. The van der Waals surface area contributed by atoms with Gasteiger partial charge >= 0.3 is 0 Å². The third-order valence-electron chi connectivity index (χ3n) is 4.25. The summed E-state index contributed by atoms with van der Waals surface area (Å²) in [5.41, 5.74) is 3.68. The van der Waals surface area contributed by atoms with Crippen molar-refractivity contribution in [3.8, 4) is 0 Å². The van der Waals surface area contributed by atoms with Crippen LogP contribution in [-0.2, 0) is 6.54 Å². The second kappa shape index (κ2) is 7.35. The number of carbonyl (C=O) groups is 1. The molecule has 0 bridgehead atoms. The Labute approximate surface area is 150 Å². The number of aryl methyl sites for hydroxylation is 2. The van der Waals surface area contributed by atoms with Crippen molar-refractivity contribution in [2.45, 2.75) is 20.4 Å². The van der Waals surface area contributed by atoms with Crippen molar-refractivity contribution in [2.75, 3.05) is 5.32 Å². The zero-order valence-corrected chi connectivity index (χ0v) is 14.6. The molecule has 0 unspecified atom stereocenters. The standard InChI is InChI=1S/C21H19FN2O2/c1-14-6-8-19(10-15(14)2)23-21(26)17-7-9-20(25)24(13-17)12-16-4-3-5-18(22)11-16/h3-11,13H,12H2,1-2H3,(H,23,26). The molecule has 26 heavy (non-hydrogen) atoms. The van der Waals surface area contributed by atoms with Crippen molar-refractivity contribution >= 4 is 11.6 Å². The van der Waals surface area contributed by atoms with Crippen molar-refractivity contribution in [1.29, 1.82) is 0 Å². The third-order valence-corrected chi connectivity index (χ3v) is 4.25. The first kappa shape index (κ1) is 17.6. The molecule has 0 aliphatic carbocycles. The van der Waals surface area contributed by atoms with E-state index in [9.17, 15) is 14.0 Å². The molecule has 0 radical (unpaired) electrons. The first-order valence-electron chi connectivity index (χ1n) is 8.26. The molecule has 0 fully saturated rings. The van der Waals surface area contributed by atoms with Gasteiger partial charge in [0.05, 0.1) is 12.1 Å². The van der Waals surface area contributed by atoms with Crippen LogP contribution in [0.25, 0.3) is 0 Å². The first-order valence-corrected chi connectivity index (χ1v) is 8.26. The summed E-state index contributed by atoms with van der Waals surface area (Å²) in [6.07, 6.45) is 1.49. The molecular weight excluding hydrogens is 331 g/mol. The van der Waals surface area contributed by atoms with Gasteiger partial charge < -0.3 is 9.88 Å². The van der Waals surface area contributed by atoms with Crippen molar-refractivity contribution in [2.24, 2.45) is 0 Å². The van der Waals surface area contributed by atoms with Gasteiger partial charge in [-0.3, -0.25) is 9.59 Å². The normalized spacial score (nSPS) is 10.6. The SMILES string of the molecule is Cc1ccc(NC(=O)c2ccc(=O)n(Cc3cccc(F)c3)c2)cc1C. The van der Waals surface area contributed by atoms with E-state index in [0.717, 1.165) is 11.1 Å². The van der Waals surface area contributed by atoms with E-state index in [1.807, 2.05) is 32.0 Å². The molecule has 4 nitrogen and oxygen atoms in total. The maximum atomic E-state index is 13.3. The molecule has 1 amide bonds. The van der Waals surface area contributed by atoms with Crippen LogP contribution in [0.3, 0.4) is 0 Å². The molecule has 3 aromatic rings. The molecule has 2 aromatic carbocycles. The Kier molecular flexibility index (Phi) is 4.98. The Morgan fingerprint density at radius 2 is 1.85 bits per heavy atom. The van der Waals surface area contributed by atoms with Crippen molar-refractivity contribution in [3.63, 3.8) is 0 Å². The molecular formula is C21H19FN2O2. The van der Waals surface area contributed by atoms with E-state index in [2.05, 4.69) is 5.32 Å². The lowest BCUT2D eigenvalue weighted by atomic mass is 10.1. The van der Waals surface area contributed by atoms with Crippen LogP contribution in [0.1, 0.15) is 27.0 Å². The molecule has 0 saturated heterocycles. The molecule has 3 rings (SSSR count). The minimum atomic E-state index is -0.362. The largest absolute Gasteiger partial charge is 0.322 e. The van der Waals surface area contributed by atoms with E-state index in [4.69, 9.17) is 0 Å². The van der Waals surface area contributed by atoms with Gasteiger partial charge in [-0.25, -0.2) is 4.39 Å². The minimum Gasteiger partial charge on any atom is -0.322 e. The van der Waals surface area contributed by atoms with Gasteiger partial charge in [0.25, 0.3) is 11.5 Å². The minimum absolute atomic E-state index is 0.196. The summed E-state index contributed by atoms with van der Waals surface area (Å²) in [6, 6.07) is 14.5. The lowest BCUT2D eigenvalue weighted by Crippen LogP contribution is -2.22. The Morgan fingerprint density at radius 1 is 1.04 bits per heavy atom. The highest BCUT2D eigenvalue weighted by molar-refractivity contribution is 6.04. The summed E-state index contributed by atoms with van der Waals surface area (Å²) in [5.74, 6) is -0.666. The third kappa shape index (κ3) is 4.06. The summed E-state index contributed by atoms with van der Waals surface area (Å²) >= 11 is 0. The number of pyridine rings is 1. The lowest BCUT2D eigenvalue weighted by molar-refractivity contribution is 0.102. The zero-order chi connectivity index (χ0) is 18.7. The van der Waals surface area contributed by atoms with Crippen molar-refractivity contribution in [3.05, 3.63) is 99.2 Å². The van der Waals surface area contributed by atoms with Crippen LogP contribution < -0.4 is 10.9 Å². The first-order chi connectivity index (χ1) is 12.4. The molecule has 0 saturated carbocycles. The highest BCUT2D eigenvalue weighted by atomic mass is 19.1. The maximum Gasteiger partial charge on any atom is 0.257 e. The zero-order valence-electron chi connectivity index (χ0n) is 14.6. The van der Waals surface area contributed by atoms with Crippen LogP contribution in [0.5, 0.6) is 0 Å². The summed E-state index contributed by atoms with van der Waals surface area (Å²) in [5, 5.41) is 2.83. The van der Waals surface area contributed by atoms with Crippen LogP contribution in [0.15, 0.2) is 65.6 Å². The van der Waals surface area contributed by atoms with E-state index in [-0.39, 0.29) is 23.8 Å². The predicted molar refractivity (Wildman–Crippen MR) is 100 cm³/mol. The topological polar surface area (TPSA) is 51.1 Å². The summed E-state index contributed by atoms with van der Waals surface area (Å²) in [4.78, 5) is 24.6. The highest BCUT2D eigenvalue weighted by Crippen LogP contribution is 2.15. The Hall–Kier alpha value is -3.21. The molecule has 1 N–H and O–H groups in total. The van der Waals surface area contributed by atoms with Gasteiger partial charge in [0.1, 0.15) is 5.82 Å². The number of hydrogen-bond donors (Lipinski definition) is 1. The number of nitrogens with one attached hydrogen (secondary N) is 1. The quantitative estimate of drug-likeness (QED) is 0.776. The maximum absolute atomic E-state index is 13.3. The van der Waals surface area contributed by atoms with Crippen LogP contribution in [0, 0.1) is 19.7 Å². The number of halogens is 1. The fourth-order valence-electron chi connectivity index (χ4n) is 2.64. The van der Waals surface area contributed by atoms with Gasteiger partial charge in [-0.1, -0.05) is 18.2 Å². The van der Waals surface area contributed by atoms with E-state index in [1.54, 1.807) is 12.1 Å². The number of carbonyl (C=O) groups excluding carboxylic acids is 1. The van der Waals surface area contributed by atoms with Gasteiger partial charge in [0.2, 0.25) is 0 Å². The smallest absolute Gasteiger partial charge is 0.257 e. The molecule has 5 heteroatoms. The number of benzene rings is 2. The Bertz CT molecular complexity index is 1020. The van der Waals surface area contributed by atoms with Gasteiger partial charge in [-0.2, -0.15) is 0 Å². The fraction of sp³-hybridized carbons (Fsp3) is 0.143. The summed E-state index contributed by atoms with van der Waals surface area (Å²) in [7, 11) is 0. The molecule has 1 aromatic heterocycles. The number of aromatic nitrogens is 1. The molecule has 1 heterocycles. The molecule has 0 aliphatic rings. The van der Waals surface area contributed by atoms with Gasteiger partial charge in [-0.05, 0) is 60.9 Å². The van der Waals surface area contributed by atoms with Crippen molar-refractivity contribution in [1.82, 2.24) is 4.57 Å². The van der Waals surface area contributed by atoms with E-state index in [0.29, 0.717) is 16.8 Å². The van der Waals surface area contributed by atoms with Gasteiger partial charge in [-0.15, -0.1) is 0 Å². The van der Waals surface area contributed by atoms with Crippen LogP contribution >= 0.6 is 0 Å². The number of nitrogens with zero attached hydrogens (tertiary/aromatic N) is 1. The van der Waals surface area contributed by atoms with Crippen LogP contribution in [0.4, 0.5) is 10.1 Å². The molecule has 132 valence electrons. The molecule has 0 spiro atoms. The average Bonchev–Trinajstić information content (AvgIpc) is 2.60. The van der Waals surface area contributed by atoms with E-state index < -0.39 is 0 Å². The number of anilines is 1. The lowest BCUT2D eigenvalue weighted by Gasteiger charge is -2.10. The molecule has 0 atom stereocenters. The molecule has 0 aliphatic heterocycles. The number of hydrogen-bond acceptors (Lipinski definition) is 2. The number of rotatable bonds is 4. The predicted octanol–water partition coefficient (Wildman–Crippen LogP) is 3.90. The van der Waals surface area contributed by atoms with Crippen molar-refractivity contribution < 1.29 is 9.18 Å². The second-order valence-electron chi connectivity index (χ2n) is 6.27. The summed E-state index contributed by atoms with van der Waals surface area (Å²) < 4.78 is 14.7. The highest BCUT2D eigenvalue weighted by Gasteiger charge is 2.09.